The number of tetrazole rings is 1. The van der Waals surface area contributed by atoms with E-state index in [1.54, 1.807) is 14.0 Å². The van der Waals surface area contributed by atoms with E-state index in [0.29, 0.717) is 29.7 Å². The van der Waals surface area contributed by atoms with Crippen molar-refractivity contribution in [2.75, 3.05) is 20.2 Å². The number of hydrogen-bond acceptors (Lipinski definition) is 7. The molecule has 0 saturated carbocycles. The first kappa shape index (κ1) is 17.2. The molecule has 1 aromatic heterocycles. The minimum absolute atomic E-state index is 0.272. The molecule has 0 aliphatic carbocycles. The maximum atomic E-state index is 12.4. The molecule has 0 radical (unpaired) electrons. The zero-order chi connectivity index (χ0) is 18.0. The van der Waals surface area contributed by atoms with Gasteiger partial charge < -0.3 is 10.1 Å². The summed E-state index contributed by atoms with van der Waals surface area (Å²) in [5.74, 6) is 0.350. The number of aromatic nitrogens is 4. The molecule has 2 heterocycles. The minimum Gasteiger partial charge on any atom is -0.494 e. The van der Waals surface area contributed by atoms with Crippen molar-refractivity contribution >= 4 is 23.7 Å². The highest BCUT2D eigenvalue weighted by molar-refractivity contribution is 8.00. The fourth-order valence-corrected chi connectivity index (χ4v) is 3.34. The van der Waals surface area contributed by atoms with Crippen molar-refractivity contribution < 1.29 is 14.3 Å². The molecule has 132 valence electrons. The lowest BCUT2D eigenvalue weighted by Crippen LogP contribution is -2.39. The second-order valence-electron chi connectivity index (χ2n) is 5.53. The van der Waals surface area contributed by atoms with Gasteiger partial charge in [-0.25, -0.2) is 4.79 Å². The number of methoxy groups -OCH3 is 1. The van der Waals surface area contributed by atoms with Crippen LogP contribution in [0.5, 0.6) is 5.75 Å². The summed E-state index contributed by atoms with van der Waals surface area (Å²) in [6.07, 6.45) is 0. The summed E-state index contributed by atoms with van der Waals surface area (Å²) in [6.45, 7) is 4.53. The Morgan fingerprint density at radius 2 is 2.24 bits per heavy atom. The minimum atomic E-state index is -0.510. The summed E-state index contributed by atoms with van der Waals surface area (Å²) < 4.78 is 6.91. The number of benzene rings is 1. The van der Waals surface area contributed by atoms with Crippen molar-refractivity contribution in [2.24, 2.45) is 0 Å². The Kier molecular flexibility index (Phi) is 4.88. The monoisotopic (exact) mass is 362 g/mol. The van der Waals surface area contributed by atoms with Gasteiger partial charge in [0.2, 0.25) is 11.1 Å². The maximum absolute atomic E-state index is 12.4. The first-order chi connectivity index (χ1) is 12.0. The van der Waals surface area contributed by atoms with Crippen LogP contribution in [0.4, 0.5) is 4.79 Å². The summed E-state index contributed by atoms with van der Waals surface area (Å²) in [7, 11) is 1.57. The van der Waals surface area contributed by atoms with Gasteiger partial charge in [-0.15, -0.1) is 5.10 Å². The molecule has 10 heteroatoms. The van der Waals surface area contributed by atoms with E-state index in [2.05, 4.69) is 20.8 Å². The zero-order valence-corrected chi connectivity index (χ0v) is 14.9. The number of urea groups is 1. The van der Waals surface area contributed by atoms with Gasteiger partial charge in [-0.05, 0) is 42.0 Å². The molecule has 0 bridgehead atoms. The molecule has 1 aliphatic rings. The van der Waals surface area contributed by atoms with Gasteiger partial charge in [-0.2, -0.15) is 4.68 Å². The quantitative estimate of drug-likeness (QED) is 0.792. The van der Waals surface area contributed by atoms with Gasteiger partial charge in [0.1, 0.15) is 11.4 Å². The van der Waals surface area contributed by atoms with Gasteiger partial charge in [0, 0.05) is 13.1 Å². The second-order valence-corrected chi connectivity index (χ2v) is 6.84. The Hall–Kier alpha value is -2.62. The van der Waals surface area contributed by atoms with Gasteiger partial charge in [-0.3, -0.25) is 9.69 Å². The Balaban J connectivity index is 1.84. The van der Waals surface area contributed by atoms with Crippen LogP contribution < -0.4 is 10.1 Å². The largest absolute Gasteiger partial charge is 0.494 e. The third-order valence-corrected chi connectivity index (χ3v) is 4.78. The number of imide groups is 1. The number of nitrogens with zero attached hydrogens (tertiary/aromatic N) is 5. The molecule has 3 amide bonds. The van der Waals surface area contributed by atoms with Crippen molar-refractivity contribution in [3.05, 3.63) is 23.8 Å². The molecular formula is C15H18N6O3S. The number of aryl methyl sites for hydroxylation is 1. The summed E-state index contributed by atoms with van der Waals surface area (Å²) in [5.41, 5.74) is 1.72. The number of nitrogens with one attached hydrogen (secondary N) is 1. The van der Waals surface area contributed by atoms with E-state index >= 15 is 0 Å². The molecule has 1 fully saturated rings. The van der Waals surface area contributed by atoms with E-state index in [-0.39, 0.29) is 11.9 Å². The topological polar surface area (TPSA) is 102 Å². The highest BCUT2D eigenvalue weighted by Gasteiger charge is 2.31. The molecule has 1 saturated heterocycles. The van der Waals surface area contributed by atoms with Crippen LogP contribution in [0.3, 0.4) is 0 Å². The number of amides is 3. The van der Waals surface area contributed by atoms with Gasteiger partial charge in [-0.1, -0.05) is 17.8 Å². The molecule has 0 spiro atoms. The molecule has 1 aliphatic heterocycles. The van der Waals surface area contributed by atoms with Gasteiger partial charge in [0.15, 0.2) is 0 Å². The van der Waals surface area contributed by atoms with Crippen molar-refractivity contribution in [1.82, 2.24) is 30.4 Å². The molecule has 1 aromatic carbocycles. The Labute approximate surface area is 148 Å². The summed E-state index contributed by atoms with van der Waals surface area (Å²) in [4.78, 5) is 25.3. The van der Waals surface area contributed by atoms with Gasteiger partial charge >= 0.3 is 6.03 Å². The molecule has 9 nitrogen and oxygen atoms in total. The lowest BCUT2D eigenvalue weighted by atomic mass is 10.2. The summed E-state index contributed by atoms with van der Waals surface area (Å²) >= 11 is 1.19. The Morgan fingerprint density at radius 3 is 2.92 bits per heavy atom. The highest BCUT2D eigenvalue weighted by Crippen LogP contribution is 2.29. The van der Waals surface area contributed by atoms with E-state index in [0.717, 1.165) is 5.56 Å². The van der Waals surface area contributed by atoms with Crippen LogP contribution >= 0.6 is 11.8 Å². The van der Waals surface area contributed by atoms with E-state index in [9.17, 15) is 9.59 Å². The maximum Gasteiger partial charge on any atom is 0.324 e. The number of carbonyl (C=O) groups excluding carboxylic acids is 2. The fourth-order valence-electron chi connectivity index (χ4n) is 2.48. The van der Waals surface area contributed by atoms with Crippen LogP contribution in [0.25, 0.3) is 5.69 Å². The molecule has 0 unspecified atom stereocenters. The normalized spacial score (nSPS) is 15.2. The number of thioether (sulfide) groups is 1. The predicted molar refractivity (Wildman–Crippen MR) is 90.9 cm³/mol. The van der Waals surface area contributed by atoms with E-state index in [4.69, 9.17) is 4.74 Å². The summed E-state index contributed by atoms with van der Waals surface area (Å²) in [6, 6.07) is 5.30. The smallest absolute Gasteiger partial charge is 0.324 e. The second kappa shape index (κ2) is 7.09. The van der Waals surface area contributed by atoms with Crippen LogP contribution in [0.15, 0.2) is 23.4 Å². The Bertz CT molecular complexity index is 808. The SMILES string of the molecule is COc1ccc(C)cc1-n1nnnc1S[C@@H](C)C(=O)N1CCNC1=O. The highest BCUT2D eigenvalue weighted by atomic mass is 32.2. The number of rotatable bonds is 5. The molecular weight excluding hydrogens is 344 g/mol. The van der Waals surface area contributed by atoms with Crippen LogP contribution in [0, 0.1) is 6.92 Å². The molecule has 2 aromatic rings. The lowest BCUT2D eigenvalue weighted by Gasteiger charge is -2.17. The predicted octanol–water partition coefficient (Wildman–Crippen LogP) is 1.01. The number of hydrogen-bond donors (Lipinski definition) is 1. The fraction of sp³-hybridized carbons (Fsp3) is 0.400. The van der Waals surface area contributed by atoms with Crippen molar-refractivity contribution in [3.63, 3.8) is 0 Å². The van der Waals surface area contributed by atoms with Crippen molar-refractivity contribution in [2.45, 2.75) is 24.3 Å². The van der Waals surface area contributed by atoms with Crippen LogP contribution in [0.1, 0.15) is 12.5 Å². The first-order valence-corrected chi connectivity index (χ1v) is 8.58. The third-order valence-electron chi connectivity index (χ3n) is 3.76. The van der Waals surface area contributed by atoms with Crippen LogP contribution in [0.2, 0.25) is 0 Å². The van der Waals surface area contributed by atoms with E-state index in [1.807, 2.05) is 25.1 Å². The van der Waals surface area contributed by atoms with Gasteiger partial charge in [0.05, 0.1) is 12.4 Å². The molecule has 3 rings (SSSR count). The molecule has 1 N–H and O–H groups in total. The van der Waals surface area contributed by atoms with Gasteiger partial charge in [0.25, 0.3) is 0 Å². The van der Waals surface area contributed by atoms with Crippen molar-refractivity contribution in [3.8, 4) is 11.4 Å². The zero-order valence-electron chi connectivity index (χ0n) is 14.1. The number of ether oxygens (including phenoxy) is 1. The van der Waals surface area contributed by atoms with Crippen molar-refractivity contribution in [1.29, 1.82) is 0 Å². The van der Waals surface area contributed by atoms with Crippen LogP contribution in [-0.4, -0.2) is 62.5 Å². The lowest BCUT2D eigenvalue weighted by molar-refractivity contribution is -0.126. The average Bonchev–Trinajstić information content (AvgIpc) is 3.23. The van der Waals surface area contributed by atoms with E-state index in [1.165, 1.54) is 21.3 Å². The van der Waals surface area contributed by atoms with E-state index < -0.39 is 5.25 Å². The molecule has 1 atom stereocenters. The number of carbonyl (C=O) groups is 2. The average molecular weight is 362 g/mol. The standard InChI is InChI=1S/C15H18N6O3S/c1-9-4-5-12(24-3)11(8-9)21-15(17-18-19-21)25-10(2)13(22)20-7-6-16-14(20)23/h4-5,8,10H,6-7H2,1-3H3,(H,16,23)/t10-/m0/s1. The summed E-state index contributed by atoms with van der Waals surface area (Å²) in [5, 5.41) is 14.3. The third kappa shape index (κ3) is 3.43. The molecule has 25 heavy (non-hydrogen) atoms. The first-order valence-electron chi connectivity index (χ1n) is 7.70. The Morgan fingerprint density at radius 1 is 1.44 bits per heavy atom. The van der Waals surface area contributed by atoms with Crippen LogP contribution in [-0.2, 0) is 4.79 Å².